The van der Waals surface area contributed by atoms with E-state index in [9.17, 15) is 23.5 Å². The number of rotatable bonds is 7. The number of nitrogens with one attached hydrogen (secondary N) is 1. The lowest BCUT2D eigenvalue weighted by Crippen LogP contribution is -2.34. The lowest BCUT2D eigenvalue weighted by Gasteiger charge is -2.16. The summed E-state index contributed by atoms with van der Waals surface area (Å²) in [6, 6.07) is 10.6. The summed E-state index contributed by atoms with van der Waals surface area (Å²) < 4.78 is 35.6. The predicted octanol–water partition coefficient (Wildman–Crippen LogP) is 4.50. The number of aliphatic imine (C=N–C) groups is 1. The first kappa shape index (κ1) is 22.2. The van der Waals surface area contributed by atoms with Crippen molar-refractivity contribution >= 4 is 23.7 Å². The van der Waals surface area contributed by atoms with Crippen molar-refractivity contribution in [3.8, 4) is 11.5 Å². The van der Waals surface area contributed by atoms with Crippen molar-refractivity contribution in [2.75, 3.05) is 0 Å². The molecule has 0 aromatic heterocycles. The van der Waals surface area contributed by atoms with E-state index in [1.807, 2.05) is 0 Å². The van der Waals surface area contributed by atoms with E-state index in [2.05, 4.69) is 26.4 Å². The van der Waals surface area contributed by atoms with Crippen LogP contribution in [0.5, 0.6) is 11.5 Å². The zero-order chi connectivity index (χ0) is 23.8. The highest BCUT2D eigenvalue weighted by molar-refractivity contribution is 5.93. The quantitative estimate of drug-likeness (QED) is 0.474. The van der Waals surface area contributed by atoms with Crippen LogP contribution in [0.1, 0.15) is 41.3 Å². The van der Waals surface area contributed by atoms with Crippen LogP contribution in [0.15, 0.2) is 65.9 Å². The van der Waals surface area contributed by atoms with Gasteiger partial charge in [0.15, 0.2) is 11.5 Å². The molecule has 2 aromatic rings. The van der Waals surface area contributed by atoms with E-state index in [1.165, 1.54) is 36.6 Å². The molecule has 2 aliphatic rings. The summed E-state index contributed by atoms with van der Waals surface area (Å²) >= 11 is 0. The topological polar surface area (TPSA) is 97.2 Å². The molecule has 1 saturated carbocycles. The van der Waals surface area contributed by atoms with Crippen LogP contribution >= 0.6 is 0 Å². The lowest BCUT2D eigenvalue weighted by atomic mass is 9.94. The molecular weight excluding hydrogens is 434 g/mol. The Bertz CT molecular complexity index is 1220. The van der Waals surface area contributed by atoms with E-state index >= 15 is 0 Å². The summed E-state index contributed by atoms with van der Waals surface area (Å²) in [4.78, 5) is 28.6. The van der Waals surface area contributed by atoms with Crippen LogP contribution in [0.25, 0.3) is 5.57 Å². The number of amides is 1. The molecule has 33 heavy (non-hydrogen) atoms. The van der Waals surface area contributed by atoms with Gasteiger partial charge >= 0.3 is 12.3 Å². The number of carbonyl (C=O) groups excluding carboxylic acids is 1. The number of benzene rings is 2. The maximum Gasteiger partial charge on any atom is 0.586 e. The van der Waals surface area contributed by atoms with Crippen LogP contribution in [-0.2, 0) is 10.2 Å². The fourth-order valence-electron chi connectivity index (χ4n) is 3.60. The number of alkyl halides is 2. The zero-order valence-corrected chi connectivity index (χ0v) is 17.6. The summed E-state index contributed by atoms with van der Waals surface area (Å²) in [5.41, 5.74) is 0.758. The van der Waals surface area contributed by atoms with Gasteiger partial charge < -0.3 is 19.9 Å². The van der Waals surface area contributed by atoms with Gasteiger partial charge in [-0.15, -0.1) is 8.78 Å². The number of carboxylic acid groups (broad SMARTS) is 1. The maximum atomic E-state index is 13.3. The molecule has 1 heterocycles. The Morgan fingerprint density at radius 3 is 2.48 bits per heavy atom. The van der Waals surface area contributed by atoms with Gasteiger partial charge in [-0.2, -0.15) is 0 Å². The van der Waals surface area contributed by atoms with Crippen LogP contribution in [-0.4, -0.2) is 29.5 Å². The van der Waals surface area contributed by atoms with E-state index in [4.69, 9.17) is 0 Å². The Morgan fingerprint density at radius 2 is 1.82 bits per heavy atom. The van der Waals surface area contributed by atoms with E-state index in [1.54, 1.807) is 25.1 Å². The van der Waals surface area contributed by atoms with E-state index in [0.717, 1.165) is 0 Å². The van der Waals surface area contributed by atoms with Crippen molar-refractivity contribution in [2.24, 2.45) is 4.99 Å². The first-order valence-corrected chi connectivity index (χ1v) is 10.1. The van der Waals surface area contributed by atoms with E-state index in [-0.39, 0.29) is 28.8 Å². The van der Waals surface area contributed by atoms with Gasteiger partial charge in [0.2, 0.25) is 5.91 Å². The second-order valence-electron chi connectivity index (χ2n) is 7.69. The minimum absolute atomic E-state index is 0.0870. The summed E-state index contributed by atoms with van der Waals surface area (Å²) in [5, 5.41) is 12.0. The molecule has 7 nitrogen and oxygen atoms in total. The normalized spacial score (nSPS) is 17.6. The van der Waals surface area contributed by atoms with Gasteiger partial charge in [0, 0.05) is 6.21 Å². The highest BCUT2D eigenvalue weighted by Gasteiger charge is 2.53. The van der Waals surface area contributed by atoms with E-state index < -0.39 is 17.7 Å². The molecule has 0 atom stereocenters. The predicted molar refractivity (Wildman–Crippen MR) is 116 cm³/mol. The Morgan fingerprint density at radius 1 is 1.12 bits per heavy atom. The molecule has 1 fully saturated rings. The van der Waals surface area contributed by atoms with Crippen molar-refractivity contribution in [1.29, 1.82) is 0 Å². The summed E-state index contributed by atoms with van der Waals surface area (Å²) in [6.45, 7) is 5.63. The molecule has 170 valence electrons. The molecular formula is C24H20F2N2O5. The Balaban J connectivity index is 1.55. The molecule has 0 unspecified atom stereocenters. The third kappa shape index (κ3) is 4.48. The molecule has 1 aliphatic heterocycles. The summed E-state index contributed by atoms with van der Waals surface area (Å²) in [5.74, 6) is -1.41. The molecule has 0 bridgehead atoms. The van der Waals surface area contributed by atoms with Crippen molar-refractivity contribution in [3.63, 3.8) is 0 Å². The average Bonchev–Trinajstić information content (AvgIpc) is 3.51. The average molecular weight is 454 g/mol. The van der Waals surface area contributed by atoms with Crippen LogP contribution in [0, 0.1) is 0 Å². The van der Waals surface area contributed by atoms with Crippen LogP contribution in [0.2, 0.25) is 0 Å². The maximum absolute atomic E-state index is 13.3. The minimum Gasteiger partial charge on any atom is -0.478 e. The smallest absolute Gasteiger partial charge is 0.478 e. The van der Waals surface area contributed by atoms with Gasteiger partial charge in [0.05, 0.1) is 11.0 Å². The van der Waals surface area contributed by atoms with Gasteiger partial charge in [-0.05, 0) is 66.8 Å². The number of fused-ring (bicyclic) bond motifs is 1. The summed E-state index contributed by atoms with van der Waals surface area (Å²) in [6.07, 6.45) is 0.355. The number of ether oxygens (including phenoxy) is 2. The monoisotopic (exact) mass is 454 g/mol. The highest BCUT2D eigenvalue weighted by atomic mass is 19.3. The second kappa shape index (κ2) is 8.16. The highest BCUT2D eigenvalue weighted by Crippen LogP contribution is 2.52. The molecule has 9 heteroatoms. The summed E-state index contributed by atoms with van der Waals surface area (Å²) in [7, 11) is 0. The van der Waals surface area contributed by atoms with Gasteiger partial charge in [0.1, 0.15) is 5.82 Å². The van der Waals surface area contributed by atoms with Crippen molar-refractivity contribution in [3.05, 3.63) is 77.6 Å². The minimum atomic E-state index is -3.73. The third-order valence-corrected chi connectivity index (χ3v) is 5.44. The lowest BCUT2D eigenvalue weighted by molar-refractivity contribution is -0.286. The van der Waals surface area contributed by atoms with Gasteiger partial charge in [0.25, 0.3) is 0 Å². The first-order valence-electron chi connectivity index (χ1n) is 10.1. The Labute approximate surface area is 188 Å². The number of carbonyl (C=O) groups is 2. The van der Waals surface area contributed by atoms with Crippen molar-refractivity contribution < 1.29 is 33.0 Å². The molecule has 2 N–H and O–H groups in total. The number of hydrogen-bond donors (Lipinski definition) is 2. The number of hydrogen-bond acceptors (Lipinski definition) is 5. The molecule has 1 amide bonds. The molecule has 2 aromatic carbocycles. The van der Waals surface area contributed by atoms with Gasteiger partial charge in [-0.3, -0.25) is 4.79 Å². The van der Waals surface area contributed by atoms with Crippen LogP contribution < -0.4 is 14.8 Å². The number of carboxylic acids is 1. The van der Waals surface area contributed by atoms with Crippen LogP contribution in [0.4, 0.5) is 8.78 Å². The third-order valence-electron chi connectivity index (χ3n) is 5.44. The number of allylic oxidation sites excluding steroid dienone is 2. The Kier molecular flexibility index (Phi) is 5.49. The standard InChI is InChI=1S/C24H20F2N2O5/c1-3-27-20(11-14(2)15-5-4-6-16(12-15)21(29)30)28-22(31)23(9-10-23)17-7-8-18-19(13-17)33-24(25,26)32-18/h3-8,11-13H,2,9-10H2,1H3,(H,28,31)(H,29,30)/b20-11+,27-3-. The molecule has 0 saturated heterocycles. The number of aromatic carboxylic acids is 1. The SMILES string of the molecule is C=C(/C=C(\N=C/C)NC(=O)C1(c2ccc3c(c2)OC(F)(F)O3)CC1)c1cccc(C(=O)O)c1. The molecule has 0 radical (unpaired) electrons. The fourth-order valence-corrected chi connectivity index (χ4v) is 3.60. The number of nitrogens with zero attached hydrogens (tertiary/aromatic N) is 1. The van der Waals surface area contributed by atoms with Crippen molar-refractivity contribution in [1.82, 2.24) is 5.32 Å². The largest absolute Gasteiger partial charge is 0.586 e. The second-order valence-corrected chi connectivity index (χ2v) is 7.69. The Hall–Kier alpha value is -4.01. The molecule has 1 aliphatic carbocycles. The molecule has 4 rings (SSSR count). The zero-order valence-electron chi connectivity index (χ0n) is 17.6. The van der Waals surface area contributed by atoms with Crippen LogP contribution in [0.3, 0.4) is 0 Å². The van der Waals surface area contributed by atoms with Gasteiger partial charge in [-0.25, -0.2) is 9.79 Å². The van der Waals surface area contributed by atoms with E-state index in [0.29, 0.717) is 29.5 Å². The van der Waals surface area contributed by atoms with Crippen molar-refractivity contribution in [2.45, 2.75) is 31.5 Å². The molecule has 0 spiro atoms. The fraction of sp³-hybridized carbons (Fsp3) is 0.208. The van der Waals surface area contributed by atoms with Gasteiger partial charge in [-0.1, -0.05) is 24.8 Å². The number of halogens is 2. The first-order chi connectivity index (χ1) is 15.6.